The SMILES string of the molecule is [2H]C([2H])([2H])c1c[c-]c(-c2ccc(C([2H])([2H])[2H])cn2)cc1.[Ir].[c-]1sc2ccc(-c3ccncc3)cc2c1-c1nc2ccccc2n1-c1ccc(-c2ccccc2)cc1. The molecule has 51 heavy (non-hydrogen) atoms. The monoisotopic (exact) mass is 859 g/mol. The Bertz CT molecular complexity index is 2690. The Labute approximate surface area is 323 Å². The Morgan fingerprint density at radius 3 is 2.16 bits per heavy atom. The zero-order chi connectivity index (χ0) is 38.9. The number of fused-ring (bicyclic) bond motifs is 2. The Balaban J connectivity index is 0.000000202. The fraction of sp³-hybridized carbons (Fsp3) is 0.0444. The van der Waals surface area contributed by atoms with E-state index in [2.05, 4.69) is 111 Å². The van der Waals surface area contributed by atoms with Crippen molar-refractivity contribution in [3.05, 3.63) is 181 Å². The standard InChI is InChI=1S/C32H20N3S.C13H12N.Ir/c1-2-6-22(7-3-1)23-10-13-26(14-11-23)35-30-9-5-4-8-29(30)34-32(35)28-21-36-31-15-12-25(20-27(28)31)24-16-18-33-19-17-24;1-10-3-6-12(7-4-10)13-8-5-11(2)9-14-13;/h1-20H;3-6,8-9H,1-2H3;/q2*-1;/i;1D3,2D3;. The quantitative estimate of drug-likeness (QED) is 0.162. The van der Waals surface area contributed by atoms with Gasteiger partial charge in [-0.25, -0.2) is 0 Å². The van der Waals surface area contributed by atoms with E-state index >= 15 is 0 Å². The number of rotatable bonds is 5. The predicted molar refractivity (Wildman–Crippen MR) is 207 cm³/mol. The van der Waals surface area contributed by atoms with Crippen LogP contribution in [0.1, 0.15) is 19.4 Å². The maximum absolute atomic E-state index is 7.28. The molecule has 0 unspecified atom stereocenters. The van der Waals surface area contributed by atoms with Crippen molar-refractivity contribution >= 4 is 32.5 Å². The molecule has 9 rings (SSSR count). The van der Waals surface area contributed by atoms with Crippen molar-refractivity contribution in [2.45, 2.75) is 13.7 Å². The third-order valence-corrected chi connectivity index (χ3v) is 9.28. The van der Waals surface area contributed by atoms with Gasteiger partial charge in [-0.15, -0.1) is 40.8 Å². The van der Waals surface area contributed by atoms with E-state index in [9.17, 15) is 0 Å². The van der Waals surface area contributed by atoms with Crippen LogP contribution in [0.15, 0.2) is 158 Å². The Morgan fingerprint density at radius 1 is 0.686 bits per heavy atom. The molecule has 9 aromatic rings. The van der Waals surface area contributed by atoms with Gasteiger partial charge in [0.2, 0.25) is 0 Å². The van der Waals surface area contributed by atoms with Gasteiger partial charge >= 0.3 is 0 Å². The molecule has 0 aliphatic rings. The summed E-state index contributed by atoms with van der Waals surface area (Å²) < 4.78 is 47.1. The molecule has 4 nitrogen and oxygen atoms in total. The Hall–Kier alpha value is -5.52. The minimum atomic E-state index is -2.18. The molecule has 0 amide bonds. The second-order valence-electron chi connectivity index (χ2n) is 11.6. The van der Waals surface area contributed by atoms with E-state index in [1.54, 1.807) is 23.5 Å². The number of aryl methyl sites for hydroxylation is 2. The largest absolute Gasteiger partial charge is 0.333 e. The van der Waals surface area contributed by atoms with E-state index in [0.29, 0.717) is 11.3 Å². The average Bonchev–Trinajstić information content (AvgIpc) is 3.83. The smallest absolute Gasteiger partial charge is 0.0774 e. The van der Waals surface area contributed by atoms with E-state index in [1.165, 1.54) is 40.2 Å². The topological polar surface area (TPSA) is 43.6 Å². The summed E-state index contributed by atoms with van der Waals surface area (Å²) in [6.45, 7) is -4.34. The molecule has 5 aromatic carbocycles. The number of hydrogen-bond acceptors (Lipinski definition) is 4. The molecule has 0 bridgehead atoms. The minimum absolute atomic E-state index is 0. The third kappa shape index (κ3) is 7.21. The van der Waals surface area contributed by atoms with Crippen molar-refractivity contribution in [2.24, 2.45) is 0 Å². The van der Waals surface area contributed by atoms with Gasteiger partial charge in [-0.1, -0.05) is 107 Å². The van der Waals surface area contributed by atoms with Gasteiger partial charge in [0.05, 0.1) is 16.9 Å². The fourth-order valence-electron chi connectivity index (χ4n) is 5.89. The molecular weight excluding hydrogens is 821 g/mol. The molecule has 249 valence electrons. The van der Waals surface area contributed by atoms with Crippen LogP contribution in [0.3, 0.4) is 0 Å². The molecule has 0 saturated carbocycles. The van der Waals surface area contributed by atoms with E-state index in [-0.39, 0.29) is 31.2 Å². The zero-order valence-electron chi connectivity index (χ0n) is 33.0. The van der Waals surface area contributed by atoms with Gasteiger partial charge in [-0.3, -0.25) is 21.3 Å². The number of imidazole rings is 1. The first-order valence-electron chi connectivity index (χ1n) is 19.0. The Morgan fingerprint density at radius 2 is 1.41 bits per heavy atom. The summed E-state index contributed by atoms with van der Waals surface area (Å²) in [5.74, 6) is 0.904. The van der Waals surface area contributed by atoms with Gasteiger partial charge in [-0.05, 0) is 76.8 Å². The maximum Gasteiger partial charge on any atom is 0.0774 e. The molecule has 4 aromatic heterocycles. The van der Waals surface area contributed by atoms with Gasteiger partial charge in [-0.2, -0.15) is 0 Å². The fourth-order valence-corrected chi connectivity index (χ4v) is 6.71. The average molecular weight is 859 g/mol. The van der Waals surface area contributed by atoms with Crippen LogP contribution in [0.5, 0.6) is 0 Å². The second kappa shape index (κ2) is 15.2. The number of benzene rings is 5. The van der Waals surface area contributed by atoms with Crippen molar-refractivity contribution < 1.29 is 28.3 Å². The van der Waals surface area contributed by atoms with Crippen molar-refractivity contribution in [2.75, 3.05) is 0 Å². The van der Waals surface area contributed by atoms with Crippen LogP contribution in [0.25, 0.3) is 71.7 Å². The number of hydrogen-bond donors (Lipinski definition) is 0. The summed E-state index contributed by atoms with van der Waals surface area (Å²) in [6, 6.07) is 48.6. The van der Waals surface area contributed by atoms with Gasteiger partial charge in [0, 0.05) is 52.6 Å². The zero-order valence-corrected chi connectivity index (χ0v) is 30.3. The summed E-state index contributed by atoms with van der Waals surface area (Å²) >= 11 is 1.64. The number of pyridine rings is 2. The van der Waals surface area contributed by atoms with Crippen LogP contribution in [0.2, 0.25) is 0 Å². The van der Waals surface area contributed by atoms with E-state index in [4.69, 9.17) is 13.2 Å². The first-order valence-corrected chi connectivity index (χ1v) is 16.8. The van der Waals surface area contributed by atoms with Crippen molar-refractivity contribution in [3.8, 4) is 50.6 Å². The molecule has 0 fully saturated rings. The molecule has 4 heterocycles. The second-order valence-corrected chi connectivity index (χ2v) is 12.5. The molecule has 6 heteroatoms. The number of thiophene rings is 1. The maximum atomic E-state index is 7.28. The first-order chi connectivity index (χ1) is 27.0. The van der Waals surface area contributed by atoms with Gasteiger partial charge in [0.1, 0.15) is 0 Å². The summed E-state index contributed by atoms with van der Waals surface area (Å²) in [7, 11) is 0. The first kappa shape index (κ1) is 27.2. The van der Waals surface area contributed by atoms with Crippen molar-refractivity contribution in [1.82, 2.24) is 19.5 Å². The van der Waals surface area contributed by atoms with Crippen molar-refractivity contribution in [3.63, 3.8) is 0 Å². The van der Waals surface area contributed by atoms with Crippen LogP contribution in [0, 0.1) is 25.2 Å². The molecule has 0 aliphatic carbocycles. The Kier molecular flexibility index (Phi) is 8.09. The number of para-hydroxylation sites is 2. The summed E-state index contributed by atoms with van der Waals surface area (Å²) in [4.78, 5) is 13.3. The summed E-state index contributed by atoms with van der Waals surface area (Å²) in [5.41, 5.74) is 10.4. The summed E-state index contributed by atoms with van der Waals surface area (Å²) in [5, 5.41) is 4.72. The molecule has 0 aliphatic heterocycles. The summed E-state index contributed by atoms with van der Waals surface area (Å²) in [6.07, 6.45) is 4.96. The van der Waals surface area contributed by atoms with Crippen LogP contribution < -0.4 is 0 Å². The predicted octanol–water partition coefficient (Wildman–Crippen LogP) is 11.6. The van der Waals surface area contributed by atoms with Crippen LogP contribution in [-0.2, 0) is 20.1 Å². The van der Waals surface area contributed by atoms with E-state index in [1.807, 2.05) is 36.7 Å². The van der Waals surface area contributed by atoms with E-state index in [0.717, 1.165) is 44.6 Å². The van der Waals surface area contributed by atoms with Crippen LogP contribution >= 0.6 is 11.3 Å². The van der Waals surface area contributed by atoms with Crippen LogP contribution in [-0.4, -0.2) is 19.5 Å². The van der Waals surface area contributed by atoms with E-state index < -0.39 is 13.7 Å². The molecule has 0 N–H and O–H groups in total. The van der Waals surface area contributed by atoms with Gasteiger partial charge < -0.3 is 9.55 Å². The van der Waals surface area contributed by atoms with Gasteiger partial charge in [0.15, 0.2) is 0 Å². The minimum Gasteiger partial charge on any atom is -0.333 e. The molecule has 0 saturated heterocycles. The number of nitrogens with zero attached hydrogens (tertiary/aromatic N) is 4. The molecule has 1 radical (unpaired) electrons. The number of aromatic nitrogens is 4. The molecule has 0 spiro atoms. The van der Waals surface area contributed by atoms with Crippen LogP contribution in [0.4, 0.5) is 0 Å². The third-order valence-electron chi connectivity index (χ3n) is 8.39. The van der Waals surface area contributed by atoms with Crippen molar-refractivity contribution in [1.29, 1.82) is 0 Å². The normalized spacial score (nSPS) is 13.0. The van der Waals surface area contributed by atoms with Gasteiger partial charge in [0.25, 0.3) is 0 Å². The molecule has 0 atom stereocenters. The molecular formula is C45H32IrN4S-2.